The van der Waals surface area contributed by atoms with Crippen molar-refractivity contribution in [1.82, 2.24) is 9.55 Å². The van der Waals surface area contributed by atoms with Gasteiger partial charge in [0.2, 0.25) is 0 Å². The van der Waals surface area contributed by atoms with Gasteiger partial charge in [-0.15, -0.1) is 0 Å². The minimum absolute atomic E-state index is 0.0815. The molecule has 14 heavy (non-hydrogen) atoms. The highest BCUT2D eigenvalue weighted by Gasteiger charge is 2.05. The number of thioether (sulfide) groups is 1. The molecule has 3 nitrogen and oxygen atoms in total. The van der Waals surface area contributed by atoms with E-state index < -0.39 is 0 Å². The molecule has 0 aliphatic carbocycles. The zero-order valence-corrected chi connectivity index (χ0v) is 9.76. The third kappa shape index (κ3) is 3.35. The fourth-order valence-corrected chi connectivity index (χ4v) is 1.92. The smallest absolute Gasteiger partial charge is 0.0948 e. The zero-order chi connectivity index (χ0) is 10.4. The summed E-state index contributed by atoms with van der Waals surface area (Å²) in [5.74, 6) is 1.24. The second-order valence-corrected chi connectivity index (χ2v) is 4.49. The van der Waals surface area contributed by atoms with Crippen molar-refractivity contribution in [1.29, 1.82) is 0 Å². The molecular weight excluding hydrogens is 194 g/mol. The Hall–Kier alpha value is -0.480. The van der Waals surface area contributed by atoms with E-state index in [1.807, 2.05) is 31.2 Å². The maximum atomic E-state index is 5.82. The highest BCUT2D eigenvalue weighted by molar-refractivity contribution is 7.98. The zero-order valence-electron chi connectivity index (χ0n) is 8.94. The van der Waals surface area contributed by atoms with Gasteiger partial charge < -0.3 is 10.3 Å². The van der Waals surface area contributed by atoms with E-state index in [0.29, 0.717) is 0 Å². The SMILES string of the molecule is CSCCCCn1cncc1C(C)N. The first kappa shape index (κ1) is 11.6. The van der Waals surface area contributed by atoms with Crippen LogP contribution in [0.25, 0.3) is 0 Å². The van der Waals surface area contributed by atoms with Crippen molar-refractivity contribution in [2.45, 2.75) is 32.4 Å². The molecule has 0 fully saturated rings. The van der Waals surface area contributed by atoms with E-state index in [2.05, 4.69) is 15.8 Å². The quantitative estimate of drug-likeness (QED) is 0.735. The molecule has 1 atom stereocenters. The van der Waals surface area contributed by atoms with Crippen molar-refractivity contribution < 1.29 is 0 Å². The van der Waals surface area contributed by atoms with Gasteiger partial charge in [0.05, 0.1) is 12.0 Å². The standard InChI is InChI=1S/C10H19N3S/c1-9(11)10-7-12-8-13(10)5-3-4-6-14-2/h7-9H,3-6,11H2,1-2H3. The lowest BCUT2D eigenvalue weighted by Crippen LogP contribution is -2.11. The summed E-state index contributed by atoms with van der Waals surface area (Å²) in [6.07, 6.45) is 8.34. The maximum Gasteiger partial charge on any atom is 0.0948 e. The second-order valence-electron chi connectivity index (χ2n) is 3.50. The summed E-state index contributed by atoms with van der Waals surface area (Å²) in [5.41, 5.74) is 6.96. The largest absolute Gasteiger partial charge is 0.333 e. The molecule has 1 aromatic heterocycles. The average Bonchev–Trinajstić information content (AvgIpc) is 2.60. The minimum atomic E-state index is 0.0815. The number of nitrogens with two attached hydrogens (primary N) is 1. The van der Waals surface area contributed by atoms with E-state index in [-0.39, 0.29) is 6.04 Å². The van der Waals surface area contributed by atoms with Gasteiger partial charge in [0.25, 0.3) is 0 Å². The number of aromatic nitrogens is 2. The van der Waals surface area contributed by atoms with Gasteiger partial charge in [0, 0.05) is 18.8 Å². The van der Waals surface area contributed by atoms with Crippen LogP contribution in [0, 0.1) is 0 Å². The maximum absolute atomic E-state index is 5.82. The highest BCUT2D eigenvalue weighted by atomic mass is 32.2. The molecule has 0 saturated carbocycles. The van der Waals surface area contributed by atoms with E-state index in [0.717, 1.165) is 12.2 Å². The number of nitrogens with zero attached hydrogens (tertiary/aromatic N) is 2. The fourth-order valence-electron chi connectivity index (χ4n) is 1.43. The normalized spacial score (nSPS) is 13.1. The van der Waals surface area contributed by atoms with Crippen LogP contribution in [0.1, 0.15) is 31.5 Å². The van der Waals surface area contributed by atoms with Crippen LogP contribution >= 0.6 is 11.8 Å². The first-order chi connectivity index (χ1) is 6.75. The first-order valence-corrected chi connectivity index (χ1v) is 6.39. The molecule has 0 aliphatic heterocycles. The van der Waals surface area contributed by atoms with Crippen molar-refractivity contribution in [3.05, 3.63) is 18.2 Å². The predicted octanol–water partition coefficient (Wildman–Crippen LogP) is 2.05. The van der Waals surface area contributed by atoms with Crippen LogP contribution in [-0.4, -0.2) is 21.6 Å². The van der Waals surface area contributed by atoms with Crippen LogP contribution in [0.4, 0.5) is 0 Å². The van der Waals surface area contributed by atoms with E-state index >= 15 is 0 Å². The van der Waals surface area contributed by atoms with Crippen LogP contribution in [-0.2, 0) is 6.54 Å². The van der Waals surface area contributed by atoms with Crippen LogP contribution in [0.2, 0.25) is 0 Å². The monoisotopic (exact) mass is 213 g/mol. The molecule has 0 saturated heterocycles. The lowest BCUT2D eigenvalue weighted by Gasteiger charge is -2.10. The molecule has 1 rings (SSSR count). The third-order valence-corrected chi connectivity index (χ3v) is 2.91. The molecule has 2 N–H and O–H groups in total. The average molecular weight is 213 g/mol. The van der Waals surface area contributed by atoms with Crippen molar-refractivity contribution in [2.24, 2.45) is 5.73 Å². The second kappa shape index (κ2) is 6.09. The first-order valence-electron chi connectivity index (χ1n) is 5.00. The van der Waals surface area contributed by atoms with Gasteiger partial charge in [-0.1, -0.05) is 0 Å². The lowest BCUT2D eigenvalue weighted by molar-refractivity contribution is 0.588. The number of unbranched alkanes of at least 4 members (excludes halogenated alkanes) is 1. The fraction of sp³-hybridized carbons (Fsp3) is 0.700. The van der Waals surface area contributed by atoms with Crippen LogP contribution < -0.4 is 5.73 Å². The Balaban J connectivity index is 2.38. The summed E-state index contributed by atoms with van der Waals surface area (Å²) in [6.45, 7) is 3.03. The Bertz CT molecular complexity index is 258. The summed E-state index contributed by atoms with van der Waals surface area (Å²) < 4.78 is 2.16. The van der Waals surface area contributed by atoms with E-state index in [1.54, 1.807) is 0 Å². The number of hydrogen-bond donors (Lipinski definition) is 1. The highest BCUT2D eigenvalue weighted by Crippen LogP contribution is 2.10. The summed E-state index contributed by atoms with van der Waals surface area (Å²) in [6, 6.07) is 0.0815. The van der Waals surface area contributed by atoms with Gasteiger partial charge in [-0.05, 0) is 31.8 Å². The topological polar surface area (TPSA) is 43.8 Å². The molecule has 0 aliphatic rings. The van der Waals surface area contributed by atoms with Gasteiger partial charge in [-0.2, -0.15) is 11.8 Å². The van der Waals surface area contributed by atoms with Crippen LogP contribution in [0.15, 0.2) is 12.5 Å². The van der Waals surface area contributed by atoms with Gasteiger partial charge >= 0.3 is 0 Å². The molecular formula is C10H19N3S. The van der Waals surface area contributed by atoms with Gasteiger partial charge in [0.15, 0.2) is 0 Å². The number of imidazole rings is 1. The molecule has 0 amide bonds. The number of rotatable bonds is 6. The van der Waals surface area contributed by atoms with Crippen LogP contribution in [0.3, 0.4) is 0 Å². The Morgan fingerprint density at radius 2 is 2.36 bits per heavy atom. The van der Waals surface area contributed by atoms with E-state index in [9.17, 15) is 0 Å². The summed E-state index contributed by atoms with van der Waals surface area (Å²) >= 11 is 1.90. The minimum Gasteiger partial charge on any atom is -0.333 e. The predicted molar refractivity (Wildman–Crippen MR) is 62.4 cm³/mol. The van der Waals surface area contributed by atoms with Crippen molar-refractivity contribution >= 4 is 11.8 Å². The van der Waals surface area contributed by atoms with Crippen molar-refractivity contribution in [3.63, 3.8) is 0 Å². The number of hydrogen-bond acceptors (Lipinski definition) is 3. The summed E-state index contributed by atoms with van der Waals surface area (Å²) in [5, 5.41) is 0. The van der Waals surface area contributed by atoms with E-state index in [4.69, 9.17) is 5.73 Å². The molecule has 0 aromatic carbocycles. The lowest BCUT2D eigenvalue weighted by atomic mass is 10.2. The molecule has 0 spiro atoms. The summed E-state index contributed by atoms with van der Waals surface area (Å²) in [4.78, 5) is 4.12. The molecule has 1 aromatic rings. The number of aryl methyl sites for hydroxylation is 1. The Labute approximate surface area is 90.1 Å². The van der Waals surface area contributed by atoms with Crippen molar-refractivity contribution in [3.8, 4) is 0 Å². The molecule has 1 heterocycles. The molecule has 4 heteroatoms. The molecule has 80 valence electrons. The molecule has 0 radical (unpaired) electrons. The molecule has 1 unspecified atom stereocenters. The summed E-state index contributed by atoms with van der Waals surface area (Å²) in [7, 11) is 0. The Morgan fingerprint density at radius 1 is 1.57 bits per heavy atom. The van der Waals surface area contributed by atoms with Crippen LogP contribution in [0.5, 0.6) is 0 Å². The van der Waals surface area contributed by atoms with E-state index in [1.165, 1.54) is 18.6 Å². The third-order valence-electron chi connectivity index (χ3n) is 2.21. The Kier molecular flexibility index (Phi) is 5.04. The van der Waals surface area contributed by atoms with Crippen molar-refractivity contribution in [2.75, 3.05) is 12.0 Å². The molecule has 0 bridgehead atoms. The van der Waals surface area contributed by atoms with Gasteiger partial charge in [0.1, 0.15) is 0 Å². The van der Waals surface area contributed by atoms with Gasteiger partial charge in [-0.25, -0.2) is 4.98 Å². The van der Waals surface area contributed by atoms with Gasteiger partial charge in [-0.3, -0.25) is 0 Å². The Morgan fingerprint density at radius 3 is 3.00 bits per heavy atom.